The first-order chi connectivity index (χ1) is 34.6. The maximum absolute atomic E-state index is 14.6. The van der Waals surface area contributed by atoms with E-state index in [4.69, 9.17) is 0 Å². The fourth-order valence-corrected chi connectivity index (χ4v) is 5.49. The fraction of sp³-hybridized carbons (Fsp3) is 0.853. The molecule has 0 aliphatic rings. The minimum Gasteiger partial charge on any atom is -0.351 e. The number of carbonyl (C=O) groups is 5. The van der Waals surface area contributed by atoms with Crippen LogP contribution in [0.1, 0.15) is 38.5 Å². The normalized spacial score (nSPS) is 14.7. The number of nitrogens with one attached hydrogen (secondary N) is 2. The minimum absolute atomic E-state index is 0.597. The first kappa shape index (κ1) is 73.9. The Bertz CT molecular complexity index is 1980. The molecular formula is C34H30F35N5O5. The van der Waals surface area contributed by atoms with Crippen molar-refractivity contribution in [1.29, 1.82) is 0 Å². The van der Waals surface area contributed by atoms with Crippen molar-refractivity contribution in [3.05, 3.63) is 0 Å². The summed E-state index contributed by atoms with van der Waals surface area (Å²) < 4.78 is 466. The number of hydrogen-bond acceptors (Lipinski definition) is 5. The van der Waals surface area contributed by atoms with Crippen molar-refractivity contribution in [3.63, 3.8) is 0 Å². The van der Waals surface area contributed by atoms with Gasteiger partial charge in [0.25, 0.3) is 29.5 Å². The SMILES string of the molecule is O=C(NCCCN(CCCCN(CCCCN(CCCNC(=O)C(F)(F)C(F)(F)C(F)(F)F)C(=O)C(F)(F)C(F)(F)C(F)(F)F)C(=O)C(F)(F)C(F)(F)C(F)(F)F)C(=O)C(F)(F)C(F)(F)C(F)(F)F)C(F)(F)C(F)(F)C(F)(F)F. The molecule has 2 N–H and O–H groups in total. The highest BCUT2D eigenvalue weighted by Gasteiger charge is 2.80. The average Bonchev–Trinajstić information content (AvgIpc) is 3.26. The fourth-order valence-electron chi connectivity index (χ4n) is 5.49. The monoisotopic (exact) mass is 1250 g/mol. The summed E-state index contributed by atoms with van der Waals surface area (Å²) in [5, 5.41) is 1.19. The molecule has 0 aromatic rings. The van der Waals surface area contributed by atoms with Gasteiger partial charge >= 0.3 is 90.1 Å². The van der Waals surface area contributed by atoms with E-state index in [1.54, 1.807) is 0 Å². The summed E-state index contributed by atoms with van der Waals surface area (Å²) in [5.41, 5.74) is 0. The topological polar surface area (TPSA) is 119 Å². The smallest absolute Gasteiger partial charge is 0.351 e. The third-order valence-electron chi connectivity index (χ3n) is 9.98. The van der Waals surface area contributed by atoms with Gasteiger partial charge in [-0.1, -0.05) is 0 Å². The lowest BCUT2D eigenvalue weighted by Gasteiger charge is -2.34. The molecule has 0 aliphatic heterocycles. The van der Waals surface area contributed by atoms with E-state index in [9.17, 15) is 178 Å². The van der Waals surface area contributed by atoms with Gasteiger partial charge in [-0.2, -0.15) is 154 Å². The Morgan fingerprint density at radius 2 is 0.392 bits per heavy atom. The van der Waals surface area contributed by atoms with Crippen LogP contribution in [0.25, 0.3) is 0 Å². The Morgan fingerprint density at radius 3 is 0.557 bits per heavy atom. The number of halogens is 35. The van der Waals surface area contributed by atoms with Crippen LogP contribution in [0.15, 0.2) is 0 Å². The second-order valence-electron chi connectivity index (χ2n) is 15.7. The summed E-state index contributed by atoms with van der Waals surface area (Å²) >= 11 is 0. The van der Waals surface area contributed by atoms with Gasteiger partial charge in [-0.3, -0.25) is 24.0 Å². The summed E-state index contributed by atoms with van der Waals surface area (Å²) in [4.78, 5) is 57.3. The Balaban J connectivity index is 6.96. The molecule has 0 unspecified atom stereocenters. The van der Waals surface area contributed by atoms with Crippen LogP contribution in [0.4, 0.5) is 154 Å². The average molecular weight is 1250 g/mol. The summed E-state index contributed by atoms with van der Waals surface area (Å²) in [6, 6.07) is 0. The second-order valence-corrected chi connectivity index (χ2v) is 15.7. The van der Waals surface area contributed by atoms with E-state index in [1.807, 2.05) is 0 Å². The molecule has 0 aliphatic carbocycles. The molecule has 0 saturated carbocycles. The lowest BCUT2D eigenvalue weighted by atomic mass is 10.1. The summed E-state index contributed by atoms with van der Waals surface area (Å²) in [5.74, 6) is -89.5. The molecule has 0 rings (SSSR count). The zero-order valence-corrected chi connectivity index (χ0v) is 37.5. The van der Waals surface area contributed by atoms with Crippen LogP contribution in [0.2, 0.25) is 0 Å². The Hall–Kier alpha value is -5.10. The summed E-state index contributed by atoms with van der Waals surface area (Å²) in [6.07, 6.45) is -45.9. The molecule has 45 heteroatoms. The van der Waals surface area contributed by atoms with Gasteiger partial charge in [0.15, 0.2) is 0 Å². The van der Waals surface area contributed by atoms with Crippen molar-refractivity contribution in [2.75, 3.05) is 52.4 Å². The van der Waals surface area contributed by atoms with E-state index in [-0.39, 0.29) is 0 Å². The van der Waals surface area contributed by atoms with Crippen LogP contribution in [-0.4, -0.2) is 187 Å². The van der Waals surface area contributed by atoms with E-state index >= 15 is 0 Å². The summed E-state index contributed by atoms with van der Waals surface area (Å²) in [7, 11) is 0. The van der Waals surface area contributed by atoms with E-state index in [2.05, 4.69) is 0 Å². The first-order valence-electron chi connectivity index (χ1n) is 20.2. The highest BCUT2D eigenvalue weighted by atomic mass is 19.5. The van der Waals surface area contributed by atoms with Gasteiger partial charge in [0, 0.05) is 52.4 Å². The molecule has 0 fully saturated rings. The molecule has 0 saturated heterocycles. The maximum atomic E-state index is 14.6. The van der Waals surface area contributed by atoms with Gasteiger partial charge in [0.1, 0.15) is 0 Å². The predicted octanol–water partition coefficient (Wildman–Crippen LogP) is 10.2. The number of alkyl halides is 35. The Labute approximate surface area is 414 Å². The van der Waals surface area contributed by atoms with Gasteiger partial charge in [-0.05, 0) is 38.5 Å². The minimum atomic E-state index is -7.46. The molecular weight excluding hydrogens is 1220 g/mol. The van der Waals surface area contributed by atoms with E-state index < -0.39 is 225 Å². The lowest BCUT2D eigenvalue weighted by molar-refractivity contribution is -0.346. The predicted molar refractivity (Wildman–Crippen MR) is 183 cm³/mol. The highest BCUT2D eigenvalue weighted by Crippen LogP contribution is 2.51. The molecule has 0 heterocycles. The standard InChI is InChI=1S/C34H30F35N5O5/c35-20(36,25(45,46)30(55,56)57)15(75)70-7-5-13-73(18(78)23(41,42)28(51,52)33(64,65)66)11-3-1-9-72(17(77)22(39,40)27(49,50)32(61,62)63)10-2-4-12-74(19(79)24(43,44)29(53,54)34(67,68)69)14-6-8-71-16(76)21(37,38)26(47,48)31(58,59)60/h1-14H2,(H,70,75)(H,71,76). The molecule has 79 heavy (non-hydrogen) atoms. The van der Waals surface area contributed by atoms with Crippen molar-refractivity contribution >= 4 is 29.5 Å². The quantitative estimate of drug-likeness (QED) is 0.0598. The van der Waals surface area contributed by atoms with Crippen LogP contribution in [0.3, 0.4) is 0 Å². The van der Waals surface area contributed by atoms with Gasteiger partial charge in [0.2, 0.25) is 0 Å². The summed E-state index contributed by atoms with van der Waals surface area (Å²) in [6.45, 7) is -15.2. The molecule has 0 atom stereocenters. The molecule has 10 nitrogen and oxygen atoms in total. The maximum Gasteiger partial charge on any atom is 0.460 e. The van der Waals surface area contributed by atoms with E-state index in [0.717, 1.165) is 0 Å². The Morgan fingerprint density at radius 1 is 0.241 bits per heavy atom. The third-order valence-corrected chi connectivity index (χ3v) is 9.98. The second kappa shape index (κ2) is 24.2. The number of amides is 5. The van der Waals surface area contributed by atoms with Gasteiger partial charge in [0.05, 0.1) is 0 Å². The van der Waals surface area contributed by atoms with Crippen molar-refractivity contribution in [3.8, 4) is 0 Å². The number of hydrogen-bond donors (Lipinski definition) is 2. The van der Waals surface area contributed by atoms with Crippen LogP contribution >= 0.6 is 0 Å². The van der Waals surface area contributed by atoms with Crippen molar-refractivity contribution in [2.45, 2.75) is 129 Å². The van der Waals surface area contributed by atoms with Gasteiger partial charge in [-0.25, -0.2) is 0 Å². The van der Waals surface area contributed by atoms with Crippen molar-refractivity contribution < 1.29 is 178 Å². The lowest BCUT2D eigenvalue weighted by Crippen LogP contribution is -2.61. The molecule has 0 aromatic carbocycles. The van der Waals surface area contributed by atoms with Gasteiger partial charge < -0.3 is 25.3 Å². The van der Waals surface area contributed by atoms with Gasteiger partial charge in [-0.15, -0.1) is 0 Å². The third kappa shape index (κ3) is 15.3. The highest BCUT2D eigenvalue weighted by molar-refractivity contribution is 5.87. The number of carbonyl (C=O) groups excluding carboxylic acids is 5. The number of nitrogens with zero attached hydrogens (tertiary/aromatic N) is 3. The molecule has 5 amide bonds. The molecule has 0 radical (unpaired) electrons. The first-order valence-corrected chi connectivity index (χ1v) is 20.2. The number of rotatable bonds is 28. The van der Waals surface area contributed by atoms with Crippen LogP contribution in [0.5, 0.6) is 0 Å². The van der Waals surface area contributed by atoms with Crippen LogP contribution < -0.4 is 10.6 Å². The molecule has 0 aromatic heterocycles. The zero-order chi connectivity index (χ0) is 63.4. The molecule has 0 bridgehead atoms. The Kier molecular flexibility index (Phi) is 22.6. The van der Waals surface area contributed by atoms with Crippen molar-refractivity contribution in [2.24, 2.45) is 0 Å². The van der Waals surface area contributed by atoms with Crippen LogP contribution in [-0.2, 0) is 24.0 Å². The van der Waals surface area contributed by atoms with E-state index in [1.165, 1.54) is 0 Å². The molecule has 466 valence electrons. The molecule has 0 spiro atoms. The van der Waals surface area contributed by atoms with Crippen molar-refractivity contribution in [1.82, 2.24) is 25.3 Å². The van der Waals surface area contributed by atoms with Crippen LogP contribution in [0, 0.1) is 0 Å². The largest absolute Gasteiger partial charge is 0.460 e. The number of unbranched alkanes of at least 4 members (excludes halogenated alkanes) is 2. The zero-order valence-electron chi connectivity index (χ0n) is 37.5. The van der Waals surface area contributed by atoms with E-state index in [0.29, 0.717) is 10.6 Å².